The van der Waals surface area contributed by atoms with E-state index in [0.29, 0.717) is 48.7 Å². The van der Waals surface area contributed by atoms with Crippen LogP contribution in [-0.4, -0.2) is 49.1 Å². The Bertz CT molecular complexity index is 654. The van der Waals surface area contributed by atoms with E-state index >= 15 is 0 Å². The monoisotopic (exact) mass is 302 g/mol. The Labute approximate surface area is 128 Å². The van der Waals surface area contributed by atoms with Gasteiger partial charge in [0.05, 0.1) is 17.9 Å². The standard InChI is InChI=1S/C16H18N2O4/c1-2-17(10-3-4-10)9-18-12-8-14-13(21-5-6-22-14)7-11(12)15(19)16(18)20/h7-8,10H,2-6,9H2,1H3. The maximum Gasteiger partial charge on any atom is 0.300 e. The molecule has 1 aromatic carbocycles. The highest BCUT2D eigenvalue weighted by atomic mass is 16.6. The number of anilines is 1. The van der Waals surface area contributed by atoms with E-state index in [1.54, 1.807) is 17.0 Å². The molecule has 0 unspecified atom stereocenters. The van der Waals surface area contributed by atoms with Crippen LogP contribution >= 0.6 is 0 Å². The highest BCUT2D eigenvalue weighted by Gasteiger charge is 2.40. The molecule has 1 saturated carbocycles. The summed E-state index contributed by atoms with van der Waals surface area (Å²) < 4.78 is 11.1. The van der Waals surface area contributed by atoms with Gasteiger partial charge in [0.1, 0.15) is 13.2 Å². The number of hydrogen-bond donors (Lipinski definition) is 0. The third-order valence-electron chi connectivity index (χ3n) is 4.43. The first-order valence-corrected chi connectivity index (χ1v) is 7.73. The van der Waals surface area contributed by atoms with E-state index in [1.807, 2.05) is 0 Å². The molecule has 2 heterocycles. The van der Waals surface area contributed by atoms with Crippen LogP contribution in [0, 0.1) is 0 Å². The molecular weight excluding hydrogens is 284 g/mol. The third-order valence-corrected chi connectivity index (χ3v) is 4.43. The molecule has 0 N–H and O–H groups in total. The van der Waals surface area contributed by atoms with Gasteiger partial charge in [0.2, 0.25) is 0 Å². The number of fused-ring (bicyclic) bond motifs is 2. The van der Waals surface area contributed by atoms with Crippen molar-refractivity contribution in [1.82, 2.24) is 4.90 Å². The van der Waals surface area contributed by atoms with Gasteiger partial charge >= 0.3 is 5.91 Å². The summed E-state index contributed by atoms with van der Waals surface area (Å²) in [6.45, 7) is 4.34. The van der Waals surface area contributed by atoms with Crippen LogP contribution in [0.3, 0.4) is 0 Å². The predicted molar refractivity (Wildman–Crippen MR) is 79.5 cm³/mol. The van der Waals surface area contributed by atoms with Gasteiger partial charge in [-0.3, -0.25) is 19.4 Å². The van der Waals surface area contributed by atoms with Crippen LogP contribution in [0.15, 0.2) is 12.1 Å². The zero-order valence-corrected chi connectivity index (χ0v) is 12.5. The third kappa shape index (κ3) is 2.06. The highest BCUT2D eigenvalue weighted by Crippen LogP contribution is 2.41. The zero-order chi connectivity index (χ0) is 15.3. The number of benzene rings is 1. The predicted octanol–water partition coefficient (Wildman–Crippen LogP) is 1.43. The fourth-order valence-electron chi connectivity index (χ4n) is 3.07. The Morgan fingerprint density at radius 2 is 1.86 bits per heavy atom. The van der Waals surface area contributed by atoms with Gasteiger partial charge in [0.15, 0.2) is 11.5 Å². The lowest BCUT2D eigenvalue weighted by atomic mass is 10.1. The van der Waals surface area contributed by atoms with Crippen molar-refractivity contribution in [2.24, 2.45) is 0 Å². The summed E-state index contributed by atoms with van der Waals surface area (Å²) in [5, 5.41) is 0. The minimum absolute atomic E-state index is 0.418. The van der Waals surface area contributed by atoms with E-state index in [0.717, 1.165) is 19.4 Å². The van der Waals surface area contributed by atoms with Crippen LogP contribution in [0.4, 0.5) is 5.69 Å². The van der Waals surface area contributed by atoms with Crippen molar-refractivity contribution >= 4 is 17.4 Å². The Balaban J connectivity index is 1.69. The van der Waals surface area contributed by atoms with Crippen molar-refractivity contribution in [3.05, 3.63) is 17.7 Å². The van der Waals surface area contributed by atoms with Gasteiger partial charge in [-0.2, -0.15) is 0 Å². The lowest BCUT2D eigenvalue weighted by molar-refractivity contribution is -0.114. The molecule has 6 nitrogen and oxygen atoms in total. The average Bonchev–Trinajstić information content (AvgIpc) is 3.35. The molecule has 1 fully saturated rings. The first kappa shape index (κ1) is 13.6. The fraction of sp³-hybridized carbons (Fsp3) is 0.500. The Morgan fingerprint density at radius 3 is 2.50 bits per heavy atom. The van der Waals surface area contributed by atoms with Gasteiger partial charge in [0, 0.05) is 12.1 Å². The largest absolute Gasteiger partial charge is 0.486 e. The molecule has 0 bridgehead atoms. The summed E-state index contributed by atoms with van der Waals surface area (Å²) in [6, 6.07) is 3.93. The molecule has 4 rings (SSSR count). The second-order valence-electron chi connectivity index (χ2n) is 5.85. The summed E-state index contributed by atoms with van der Waals surface area (Å²) in [4.78, 5) is 28.4. The van der Waals surface area contributed by atoms with E-state index in [4.69, 9.17) is 9.47 Å². The van der Waals surface area contributed by atoms with E-state index in [1.165, 1.54) is 0 Å². The van der Waals surface area contributed by atoms with Gasteiger partial charge in [-0.1, -0.05) is 6.92 Å². The summed E-state index contributed by atoms with van der Waals surface area (Å²) in [7, 11) is 0. The van der Waals surface area contributed by atoms with Crippen LogP contribution in [-0.2, 0) is 4.79 Å². The van der Waals surface area contributed by atoms with Crippen LogP contribution < -0.4 is 14.4 Å². The zero-order valence-electron chi connectivity index (χ0n) is 12.5. The number of ketones is 1. The van der Waals surface area contributed by atoms with E-state index in [-0.39, 0.29) is 0 Å². The summed E-state index contributed by atoms with van der Waals surface area (Å²) in [5.41, 5.74) is 1.06. The van der Waals surface area contributed by atoms with Gasteiger partial charge in [-0.15, -0.1) is 0 Å². The number of hydrogen-bond acceptors (Lipinski definition) is 5. The molecule has 1 aliphatic carbocycles. The number of ether oxygens (including phenoxy) is 2. The minimum Gasteiger partial charge on any atom is -0.486 e. The van der Waals surface area contributed by atoms with Crippen molar-refractivity contribution in [3.63, 3.8) is 0 Å². The molecule has 0 spiro atoms. The van der Waals surface area contributed by atoms with Gasteiger partial charge in [0.25, 0.3) is 5.78 Å². The first-order chi connectivity index (χ1) is 10.7. The number of amides is 1. The normalized spacial score (nSPS) is 19.8. The molecular formula is C16H18N2O4. The second kappa shape index (κ2) is 4.98. The highest BCUT2D eigenvalue weighted by molar-refractivity contribution is 6.52. The topological polar surface area (TPSA) is 59.1 Å². The molecule has 116 valence electrons. The van der Waals surface area contributed by atoms with Crippen LogP contribution in [0.25, 0.3) is 0 Å². The van der Waals surface area contributed by atoms with Crippen molar-refractivity contribution in [1.29, 1.82) is 0 Å². The van der Waals surface area contributed by atoms with Crippen LogP contribution in [0.1, 0.15) is 30.1 Å². The molecule has 1 aromatic rings. The quantitative estimate of drug-likeness (QED) is 0.788. The van der Waals surface area contributed by atoms with Gasteiger partial charge < -0.3 is 9.47 Å². The van der Waals surface area contributed by atoms with Gasteiger partial charge in [-0.25, -0.2) is 0 Å². The maximum absolute atomic E-state index is 12.3. The lowest BCUT2D eigenvalue weighted by Gasteiger charge is -2.27. The number of nitrogens with zero attached hydrogens (tertiary/aromatic N) is 2. The SMILES string of the molecule is CCN(CN1C(=O)C(=O)c2cc3c(cc21)OCCO3)C1CC1. The Morgan fingerprint density at radius 1 is 1.18 bits per heavy atom. The fourth-order valence-corrected chi connectivity index (χ4v) is 3.07. The van der Waals surface area contributed by atoms with Crippen LogP contribution in [0.5, 0.6) is 11.5 Å². The smallest absolute Gasteiger partial charge is 0.300 e. The van der Waals surface area contributed by atoms with E-state index < -0.39 is 11.7 Å². The first-order valence-electron chi connectivity index (χ1n) is 7.73. The van der Waals surface area contributed by atoms with Crippen molar-refractivity contribution < 1.29 is 19.1 Å². The van der Waals surface area contributed by atoms with Gasteiger partial charge in [-0.05, 0) is 25.5 Å². The van der Waals surface area contributed by atoms with Crippen LogP contribution in [0.2, 0.25) is 0 Å². The average molecular weight is 302 g/mol. The Hall–Kier alpha value is -2.08. The van der Waals surface area contributed by atoms with E-state index in [9.17, 15) is 9.59 Å². The molecule has 0 saturated heterocycles. The molecule has 2 aliphatic heterocycles. The number of carbonyl (C=O) groups excluding carboxylic acids is 2. The number of carbonyl (C=O) groups is 2. The molecule has 0 atom stereocenters. The molecule has 0 radical (unpaired) electrons. The van der Waals surface area contributed by atoms with E-state index in [2.05, 4.69) is 11.8 Å². The maximum atomic E-state index is 12.3. The molecule has 0 aromatic heterocycles. The molecule has 6 heteroatoms. The summed E-state index contributed by atoms with van der Waals surface area (Å²) >= 11 is 0. The lowest BCUT2D eigenvalue weighted by Crippen LogP contribution is -2.42. The number of Topliss-reactive ketones (excluding diaryl/α,β-unsaturated/α-hetero) is 1. The second-order valence-corrected chi connectivity index (χ2v) is 5.85. The molecule has 3 aliphatic rings. The Kier molecular flexibility index (Phi) is 3.07. The minimum atomic E-state index is -0.462. The van der Waals surface area contributed by atoms with Crippen molar-refractivity contribution in [2.75, 3.05) is 31.3 Å². The molecule has 22 heavy (non-hydrogen) atoms. The molecule has 1 amide bonds. The number of rotatable bonds is 4. The van der Waals surface area contributed by atoms with Crippen molar-refractivity contribution in [2.45, 2.75) is 25.8 Å². The summed E-state index contributed by atoms with van der Waals surface area (Å²) in [6.07, 6.45) is 2.33. The summed E-state index contributed by atoms with van der Waals surface area (Å²) in [5.74, 6) is 0.227. The van der Waals surface area contributed by atoms with Crippen molar-refractivity contribution in [3.8, 4) is 11.5 Å².